The van der Waals surface area contributed by atoms with Gasteiger partial charge < -0.3 is 9.80 Å². The smallest absolute Gasteiger partial charge is 0.261 e. The Hall–Kier alpha value is -4.60. The summed E-state index contributed by atoms with van der Waals surface area (Å²) >= 11 is 7.37. The third-order valence-electron chi connectivity index (χ3n) is 17.1. The van der Waals surface area contributed by atoms with Crippen LogP contribution in [0.15, 0.2) is 83.9 Å². The minimum atomic E-state index is 0.00890. The SMILES string of the molecule is CCCCCCCCCCCCN1C(=O)C2=C(c3ccc(-c4sc5ccc6c7ccc8c(ccc9sc(C)c(CCCC)c98)c7ccc6c5c4CCCC)s3)N(CCCCCCCCCCCC)C(=O)C2=C1c1ccc(C)s1. The maximum absolute atomic E-state index is 15.3. The lowest BCUT2D eigenvalue weighted by atomic mass is 9.92. The van der Waals surface area contributed by atoms with E-state index in [2.05, 4.69) is 114 Å². The van der Waals surface area contributed by atoms with Crippen LogP contribution in [-0.4, -0.2) is 34.7 Å². The van der Waals surface area contributed by atoms with Crippen LogP contribution in [0, 0.1) is 13.8 Å². The van der Waals surface area contributed by atoms with Gasteiger partial charge in [-0.1, -0.05) is 193 Å². The van der Waals surface area contributed by atoms with Crippen LogP contribution in [0.4, 0.5) is 0 Å². The van der Waals surface area contributed by atoms with Gasteiger partial charge in [0.2, 0.25) is 0 Å². The van der Waals surface area contributed by atoms with Crippen molar-refractivity contribution in [1.29, 1.82) is 0 Å². The van der Waals surface area contributed by atoms with Gasteiger partial charge in [-0.3, -0.25) is 9.59 Å². The van der Waals surface area contributed by atoms with Crippen molar-refractivity contribution in [3.8, 4) is 9.75 Å². The number of unbranched alkanes of at least 4 members (excludes halogenated alkanes) is 20. The topological polar surface area (TPSA) is 40.6 Å². The molecular weight excluding hydrogens is 1030 g/mol. The van der Waals surface area contributed by atoms with Crippen molar-refractivity contribution >= 4 is 121 Å². The molecule has 2 amide bonds. The highest BCUT2D eigenvalue weighted by Crippen LogP contribution is 2.52. The molecule has 0 unspecified atom stereocenters. The molecule has 78 heavy (non-hydrogen) atoms. The Morgan fingerprint density at radius 3 is 1.23 bits per heavy atom. The summed E-state index contributed by atoms with van der Waals surface area (Å²) in [7, 11) is 0. The number of rotatable bonds is 31. The number of amides is 2. The molecule has 0 bridgehead atoms. The van der Waals surface area contributed by atoms with Crippen LogP contribution in [0.25, 0.3) is 73.6 Å². The summed E-state index contributed by atoms with van der Waals surface area (Å²) in [6, 6.07) is 28.0. The molecule has 0 fully saturated rings. The van der Waals surface area contributed by atoms with E-state index in [1.807, 2.05) is 32.5 Å². The van der Waals surface area contributed by atoms with Gasteiger partial charge in [0.05, 0.1) is 32.3 Å². The Bertz CT molecular complexity index is 3460. The molecule has 8 aromatic rings. The van der Waals surface area contributed by atoms with Gasteiger partial charge in [-0.2, -0.15) is 0 Å². The molecule has 0 spiro atoms. The van der Waals surface area contributed by atoms with Crippen molar-refractivity contribution in [2.75, 3.05) is 13.1 Å². The number of thiophene rings is 4. The van der Waals surface area contributed by atoms with Crippen LogP contribution in [0.2, 0.25) is 0 Å². The minimum Gasteiger partial charge on any atom is -0.306 e. The maximum atomic E-state index is 15.3. The zero-order valence-electron chi connectivity index (χ0n) is 48.1. The standard InChI is InChI=1S/C70H86N2O2S4/c1-7-11-15-17-19-21-23-25-27-29-45-71-66(59-40-33-47(5)75-59)64-65(70(71)74)67(72(69(64)73)46-30-28-26-24-22-20-18-16-12-8-2)60-43-44-61(77-60)68-56(32-14-10-4)63-55-37-35-50-51(53(55)39-42-58(63)78-68)34-36-54-52(50)38-41-57-62(54)49(31-13-9-3)48(6)76-57/h33-44H,7-32,45-46H2,1-6H3. The van der Waals surface area contributed by atoms with Crippen LogP contribution in [0.3, 0.4) is 0 Å². The normalized spacial score (nSPS) is 14.1. The van der Waals surface area contributed by atoms with Gasteiger partial charge in [-0.15, -0.1) is 45.3 Å². The fourth-order valence-corrected chi connectivity index (χ4v) is 17.5. The third-order valence-corrected chi connectivity index (χ3v) is 21.7. The second-order valence-electron chi connectivity index (χ2n) is 22.8. The molecule has 2 aliphatic heterocycles. The molecule has 0 atom stereocenters. The summed E-state index contributed by atoms with van der Waals surface area (Å²) in [6.07, 6.45) is 31.6. The average molecular weight is 1120 g/mol. The molecule has 0 radical (unpaired) electrons. The zero-order valence-corrected chi connectivity index (χ0v) is 51.3. The number of nitrogens with zero attached hydrogens (tertiary/aromatic N) is 2. The van der Waals surface area contributed by atoms with E-state index in [-0.39, 0.29) is 11.8 Å². The number of aryl methyl sites for hydroxylation is 4. The van der Waals surface area contributed by atoms with Gasteiger partial charge in [0, 0.05) is 52.8 Å². The molecule has 0 N–H and O–H groups in total. The lowest BCUT2D eigenvalue weighted by molar-refractivity contribution is -0.124. The monoisotopic (exact) mass is 1110 g/mol. The second kappa shape index (κ2) is 26.8. The number of carbonyl (C=O) groups is 2. The Kier molecular flexibility index (Phi) is 19.5. The van der Waals surface area contributed by atoms with Crippen LogP contribution in [0.5, 0.6) is 0 Å². The molecule has 6 heterocycles. The van der Waals surface area contributed by atoms with Gasteiger partial charge in [0.1, 0.15) is 0 Å². The zero-order chi connectivity index (χ0) is 54.1. The number of fused-ring (bicyclic) bond motifs is 10. The van der Waals surface area contributed by atoms with Crippen molar-refractivity contribution in [3.05, 3.63) is 115 Å². The first-order valence-corrected chi connectivity index (χ1v) is 34.1. The van der Waals surface area contributed by atoms with Gasteiger partial charge >= 0.3 is 0 Å². The van der Waals surface area contributed by atoms with Crippen LogP contribution >= 0.6 is 45.3 Å². The predicted molar refractivity (Wildman–Crippen MR) is 345 cm³/mol. The van der Waals surface area contributed by atoms with Crippen molar-refractivity contribution in [1.82, 2.24) is 9.80 Å². The van der Waals surface area contributed by atoms with E-state index in [1.165, 1.54) is 199 Å². The van der Waals surface area contributed by atoms with Gasteiger partial charge in [0.15, 0.2) is 0 Å². The average Bonchev–Trinajstić information content (AvgIpc) is 4.51. The molecule has 8 heteroatoms. The van der Waals surface area contributed by atoms with E-state index in [4.69, 9.17) is 0 Å². The van der Waals surface area contributed by atoms with Gasteiger partial charge in [-0.25, -0.2) is 0 Å². The Morgan fingerprint density at radius 2 is 0.744 bits per heavy atom. The highest BCUT2D eigenvalue weighted by atomic mass is 32.1. The van der Waals surface area contributed by atoms with E-state index in [9.17, 15) is 0 Å². The third kappa shape index (κ3) is 11.8. The first-order chi connectivity index (χ1) is 38.3. The van der Waals surface area contributed by atoms with Crippen LogP contribution in [0.1, 0.15) is 212 Å². The predicted octanol–water partition coefficient (Wildman–Crippen LogP) is 22.3. The summed E-state index contributed by atoms with van der Waals surface area (Å²) in [6.45, 7) is 14.9. The fraction of sp³-hybridized carbons (Fsp3) is 0.486. The number of benzene rings is 4. The summed E-state index contributed by atoms with van der Waals surface area (Å²) in [4.78, 5) is 41.9. The number of hydrogen-bond donors (Lipinski definition) is 0. The van der Waals surface area contributed by atoms with E-state index < -0.39 is 0 Å². The molecule has 10 rings (SSSR count). The molecule has 2 aliphatic rings. The molecule has 4 nitrogen and oxygen atoms in total. The van der Waals surface area contributed by atoms with Crippen LogP contribution in [-0.2, 0) is 22.4 Å². The van der Waals surface area contributed by atoms with E-state index in [1.54, 1.807) is 22.7 Å². The Labute approximate surface area is 483 Å². The van der Waals surface area contributed by atoms with Gasteiger partial charge in [0.25, 0.3) is 11.8 Å². The Morgan fingerprint density at radius 1 is 0.359 bits per heavy atom. The van der Waals surface area contributed by atoms with E-state index >= 15 is 9.59 Å². The van der Waals surface area contributed by atoms with E-state index in [0.717, 1.165) is 72.5 Å². The first kappa shape index (κ1) is 56.7. The van der Waals surface area contributed by atoms with Crippen molar-refractivity contribution in [3.63, 3.8) is 0 Å². The summed E-state index contributed by atoms with van der Waals surface area (Å²) in [5.74, 6) is 0.0178. The van der Waals surface area contributed by atoms with Crippen molar-refractivity contribution in [2.45, 2.75) is 208 Å². The van der Waals surface area contributed by atoms with E-state index in [0.29, 0.717) is 24.2 Å². The lowest BCUT2D eigenvalue weighted by Crippen LogP contribution is -2.30. The highest BCUT2D eigenvalue weighted by Gasteiger charge is 2.49. The lowest BCUT2D eigenvalue weighted by Gasteiger charge is -2.24. The quantitative estimate of drug-likeness (QED) is 0.0321. The number of carbonyl (C=O) groups excluding carboxylic acids is 2. The molecular formula is C70H86N2O2S4. The molecule has 4 aromatic heterocycles. The molecule has 0 saturated carbocycles. The molecule has 4 aromatic carbocycles. The molecule has 412 valence electrons. The summed E-state index contributed by atoms with van der Waals surface area (Å²) in [5, 5.41) is 10.9. The minimum absolute atomic E-state index is 0.00890. The first-order valence-electron chi connectivity index (χ1n) is 30.8. The Balaban J connectivity index is 0.998. The summed E-state index contributed by atoms with van der Waals surface area (Å²) in [5.41, 5.74) is 5.93. The maximum Gasteiger partial charge on any atom is 0.261 e. The molecule has 0 saturated heterocycles. The molecule has 0 aliphatic carbocycles. The van der Waals surface area contributed by atoms with Gasteiger partial charge in [-0.05, 0) is 132 Å². The van der Waals surface area contributed by atoms with Crippen molar-refractivity contribution in [2.24, 2.45) is 0 Å². The fourth-order valence-electron chi connectivity index (χ4n) is 12.9. The van der Waals surface area contributed by atoms with Crippen LogP contribution < -0.4 is 0 Å². The highest BCUT2D eigenvalue weighted by molar-refractivity contribution is 7.26. The van der Waals surface area contributed by atoms with Crippen molar-refractivity contribution < 1.29 is 9.59 Å². The largest absolute Gasteiger partial charge is 0.306 e. The summed E-state index contributed by atoms with van der Waals surface area (Å²) < 4.78 is 2.73. The number of hydrogen-bond acceptors (Lipinski definition) is 6. The second-order valence-corrected chi connectivity index (χ2v) is 27.5.